The highest BCUT2D eigenvalue weighted by molar-refractivity contribution is 5.98. The maximum absolute atomic E-state index is 13.3. The zero-order chi connectivity index (χ0) is 26.0. The summed E-state index contributed by atoms with van der Waals surface area (Å²) in [6.45, 7) is 0.648. The van der Waals surface area contributed by atoms with Gasteiger partial charge in [0.15, 0.2) is 0 Å². The van der Waals surface area contributed by atoms with E-state index in [-0.39, 0.29) is 30.1 Å². The Hall–Kier alpha value is -3.48. The van der Waals surface area contributed by atoms with E-state index in [0.29, 0.717) is 37.2 Å². The normalized spacial score (nSPS) is 19.8. The van der Waals surface area contributed by atoms with Crippen LogP contribution in [0.4, 0.5) is 0 Å². The summed E-state index contributed by atoms with van der Waals surface area (Å²) in [4.78, 5) is 50.4. The molecule has 37 heavy (non-hydrogen) atoms. The van der Waals surface area contributed by atoms with Crippen molar-refractivity contribution in [2.24, 2.45) is 11.8 Å². The molecule has 196 valence electrons. The summed E-state index contributed by atoms with van der Waals surface area (Å²) in [7, 11) is 0. The van der Waals surface area contributed by atoms with Crippen molar-refractivity contribution in [3.63, 3.8) is 0 Å². The van der Waals surface area contributed by atoms with Gasteiger partial charge in [0.25, 0.3) is 5.91 Å². The summed E-state index contributed by atoms with van der Waals surface area (Å²) in [5.41, 5.74) is 2.55. The van der Waals surface area contributed by atoms with Crippen LogP contribution in [0.1, 0.15) is 68.1 Å². The second-order valence-electron chi connectivity index (χ2n) is 10.3. The number of rotatable bonds is 10. The molecule has 2 aromatic rings. The number of carbonyl (C=O) groups is 4. The molecule has 1 heterocycles. The van der Waals surface area contributed by atoms with Crippen LogP contribution < -0.4 is 16.0 Å². The standard InChI is InChI=1S/C30H37N3O4/c34-20-26(19-25-12-7-17-31-28(25)35)32-30(37)27(18-21-8-3-1-4-9-21)33-29(36)24-15-13-23(14-16-24)22-10-5-2-6-11-22/h2,5-6,10-11,13-16,20-21,25-27H,1,3-4,7-9,12,17-19H2,(H,31,35)(H,32,37)(H,33,36)/t25?,26-,27-/m0/s1. The summed E-state index contributed by atoms with van der Waals surface area (Å²) in [5.74, 6) is -0.695. The molecule has 7 nitrogen and oxygen atoms in total. The molecule has 4 rings (SSSR count). The van der Waals surface area contributed by atoms with E-state index in [1.165, 1.54) is 6.42 Å². The molecule has 7 heteroatoms. The van der Waals surface area contributed by atoms with Gasteiger partial charge in [-0.25, -0.2) is 0 Å². The Labute approximate surface area is 218 Å². The minimum Gasteiger partial charge on any atom is -0.356 e. The van der Waals surface area contributed by atoms with Crippen molar-refractivity contribution in [2.75, 3.05) is 6.54 Å². The first-order valence-electron chi connectivity index (χ1n) is 13.5. The highest BCUT2D eigenvalue weighted by atomic mass is 16.2. The van der Waals surface area contributed by atoms with E-state index in [0.717, 1.165) is 43.2 Å². The molecule has 1 aliphatic carbocycles. The molecule has 2 fully saturated rings. The summed E-state index contributed by atoms with van der Waals surface area (Å²) in [6.07, 6.45) is 8.58. The van der Waals surface area contributed by atoms with Gasteiger partial charge in [0, 0.05) is 18.0 Å². The summed E-state index contributed by atoms with van der Waals surface area (Å²) in [6, 6.07) is 15.8. The molecular weight excluding hydrogens is 466 g/mol. The van der Waals surface area contributed by atoms with Crippen LogP contribution in [-0.2, 0) is 14.4 Å². The Bertz CT molecular complexity index is 1060. The minimum atomic E-state index is -0.766. The van der Waals surface area contributed by atoms with Gasteiger partial charge in [-0.15, -0.1) is 0 Å². The molecule has 3 N–H and O–H groups in total. The molecule has 0 radical (unpaired) electrons. The Balaban J connectivity index is 1.43. The van der Waals surface area contributed by atoms with Gasteiger partial charge in [0.05, 0.1) is 6.04 Å². The topological polar surface area (TPSA) is 104 Å². The van der Waals surface area contributed by atoms with Crippen LogP contribution in [0.2, 0.25) is 0 Å². The van der Waals surface area contributed by atoms with Crippen LogP contribution in [-0.4, -0.2) is 42.6 Å². The summed E-state index contributed by atoms with van der Waals surface area (Å²) in [5, 5.41) is 8.57. The van der Waals surface area contributed by atoms with Gasteiger partial charge in [-0.1, -0.05) is 74.6 Å². The third-order valence-corrected chi connectivity index (χ3v) is 7.60. The molecule has 2 aromatic carbocycles. The van der Waals surface area contributed by atoms with Crippen LogP contribution in [0.3, 0.4) is 0 Å². The molecule has 1 aliphatic heterocycles. The zero-order valence-electron chi connectivity index (χ0n) is 21.3. The number of carbonyl (C=O) groups excluding carboxylic acids is 4. The fourth-order valence-corrected chi connectivity index (χ4v) is 5.47. The van der Waals surface area contributed by atoms with E-state index in [1.54, 1.807) is 12.1 Å². The second kappa shape index (κ2) is 13.2. The highest BCUT2D eigenvalue weighted by Crippen LogP contribution is 2.28. The smallest absolute Gasteiger partial charge is 0.251 e. The van der Waals surface area contributed by atoms with E-state index in [9.17, 15) is 19.2 Å². The monoisotopic (exact) mass is 503 g/mol. The van der Waals surface area contributed by atoms with Gasteiger partial charge in [-0.3, -0.25) is 14.4 Å². The Morgan fingerprint density at radius 1 is 0.865 bits per heavy atom. The molecule has 3 amide bonds. The van der Waals surface area contributed by atoms with Crippen molar-refractivity contribution in [1.29, 1.82) is 0 Å². The first-order chi connectivity index (χ1) is 18.0. The zero-order valence-corrected chi connectivity index (χ0v) is 21.3. The van der Waals surface area contributed by atoms with E-state index in [4.69, 9.17) is 0 Å². The van der Waals surface area contributed by atoms with E-state index < -0.39 is 12.1 Å². The average molecular weight is 504 g/mol. The van der Waals surface area contributed by atoms with Gasteiger partial charge >= 0.3 is 0 Å². The first kappa shape index (κ1) is 26.6. The van der Waals surface area contributed by atoms with Crippen LogP contribution >= 0.6 is 0 Å². The first-order valence-corrected chi connectivity index (χ1v) is 13.5. The molecule has 0 bridgehead atoms. The SMILES string of the molecule is O=C[C@H](CC1CCCNC1=O)NC(=O)[C@H](CC1CCCCC1)NC(=O)c1ccc(-c2ccccc2)cc1. The predicted octanol–water partition coefficient (Wildman–Crippen LogP) is 4.02. The fourth-order valence-electron chi connectivity index (χ4n) is 5.47. The fraction of sp³-hybridized carbons (Fsp3) is 0.467. The minimum absolute atomic E-state index is 0.0710. The van der Waals surface area contributed by atoms with Crippen LogP contribution in [0.15, 0.2) is 54.6 Å². The number of amides is 3. The van der Waals surface area contributed by atoms with Crippen molar-refractivity contribution in [3.8, 4) is 11.1 Å². The Morgan fingerprint density at radius 2 is 1.57 bits per heavy atom. The van der Waals surface area contributed by atoms with Crippen molar-refractivity contribution in [3.05, 3.63) is 60.2 Å². The van der Waals surface area contributed by atoms with Crippen molar-refractivity contribution in [1.82, 2.24) is 16.0 Å². The lowest BCUT2D eigenvalue weighted by Crippen LogP contribution is -2.52. The molecule has 0 aromatic heterocycles. The predicted molar refractivity (Wildman–Crippen MR) is 143 cm³/mol. The molecule has 3 atom stereocenters. The Kier molecular flexibility index (Phi) is 9.46. The van der Waals surface area contributed by atoms with Gasteiger partial charge in [0.2, 0.25) is 11.8 Å². The Morgan fingerprint density at radius 3 is 2.24 bits per heavy atom. The quantitative estimate of drug-likeness (QED) is 0.426. The van der Waals surface area contributed by atoms with Crippen molar-refractivity contribution >= 4 is 24.0 Å². The number of hydrogen-bond donors (Lipinski definition) is 3. The van der Waals surface area contributed by atoms with Gasteiger partial charge in [0.1, 0.15) is 12.3 Å². The summed E-state index contributed by atoms with van der Waals surface area (Å²) >= 11 is 0. The highest BCUT2D eigenvalue weighted by Gasteiger charge is 2.30. The van der Waals surface area contributed by atoms with Crippen molar-refractivity contribution < 1.29 is 19.2 Å². The molecule has 1 unspecified atom stereocenters. The lowest BCUT2D eigenvalue weighted by Gasteiger charge is -2.28. The van der Waals surface area contributed by atoms with Gasteiger partial charge < -0.3 is 20.7 Å². The lowest BCUT2D eigenvalue weighted by molar-refractivity contribution is -0.129. The largest absolute Gasteiger partial charge is 0.356 e. The molecule has 1 saturated carbocycles. The molecule has 2 aliphatic rings. The van der Waals surface area contributed by atoms with Gasteiger partial charge in [-0.05, 0) is 54.9 Å². The summed E-state index contributed by atoms with van der Waals surface area (Å²) < 4.78 is 0. The number of piperidine rings is 1. The van der Waals surface area contributed by atoms with Crippen LogP contribution in [0.5, 0.6) is 0 Å². The van der Waals surface area contributed by atoms with E-state index >= 15 is 0 Å². The average Bonchev–Trinajstić information content (AvgIpc) is 2.94. The van der Waals surface area contributed by atoms with Crippen molar-refractivity contribution in [2.45, 2.75) is 69.9 Å². The van der Waals surface area contributed by atoms with Gasteiger partial charge in [-0.2, -0.15) is 0 Å². The molecule has 1 saturated heterocycles. The molecule has 0 spiro atoms. The van der Waals surface area contributed by atoms with Crippen LogP contribution in [0.25, 0.3) is 11.1 Å². The van der Waals surface area contributed by atoms with E-state index in [1.807, 2.05) is 42.5 Å². The number of nitrogens with one attached hydrogen (secondary N) is 3. The second-order valence-corrected chi connectivity index (χ2v) is 10.3. The number of benzene rings is 2. The maximum atomic E-state index is 13.3. The number of aldehydes is 1. The number of hydrogen-bond acceptors (Lipinski definition) is 4. The van der Waals surface area contributed by atoms with Crippen LogP contribution in [0, 0.1) is 11.8 Å². The third-order valence-electron chi connectivity index (χ3n) is 7.60. The lowest BCUT2D eigenvalue weighted by atomic mass is 9.84. The maximum Gasteiger partial charge on any atom is 0.251 e. The van der Waals surface area contributed by atoms with E-state index in [2.05, 4.69) is 16.0 Å². The third kappa shape index (κ3) is 7.51. The molecular formula is C30H37N3O4.